The van der Waals surface area contributed by atoms with Gasteiger partial charge in [0.05, 0.1) is 12.8 Å². The van der Waals surface area contributed by atoms with Gasteiger partial charge in [-0.05, 0) is 43.2 Å². The molecule has 5 nitrogen and oxygen atoms in total. The Hall–Kier alpha value is -2.79. The first-order valence-electron chi connectivity index (χ1n) is 8.46. The van der Waals surface area contributed by atoms with Crippen molar-refractivity contribution in [1.82, 2.24) is 9.97 Å². The van der Waals surface area contributed by atoms with Crippen LogP contribution in [0.2, 0.25) is 5.02 Å². The molecule has 4 rings (SSSR count). The van der Waals surface area contributed by atoms with Gasteiger partial charge in [0, 0.05) is 29.0 Å². The summed E-state index contributed by atoms with van der Waals surface area (Å²) < 4.78 is 5.40. The molecule has 0 unspecified atom stereocenters. The van der Waals surface area contributed by atoms with Crippen molar-refractivity contribution in [2.75, 3.05) is 23.9 Å². The number of fused-ring (bicyclic) bond motifs is 1. The van der Waals surface area contributed by atoms with E-state index < -0.39 is 0 Å². The Kier molecular flexibility index (Phi) is 4.39. The van der Waals surface area contributed by atoms with E-state index >= 15 is 0 Å². The van der Waals surface area contributed by atoms with Crippen molar-refractivity contribution in [2.24, 2.45) is 0 Å². The summed E-state index contributed by atoms with van der Waals surface area (Å²) in [5, 5.41) is 3.94. The van der Waals surface area contributed by atoms with E-state index in [1.54, 1.807) is 13.2 Å². The van der Waals surface area contributed by atoms with Gasteiger partial charge in [0.25, 0.3) is 0 Å². The molecule has 0 fully saturated rings. The number of para-hydroxylation sites is 1. The second kappa shape index (κ2) is 6.84. The average Bonchev–Trinajstić information content (AvgIpc) is 3.05. The number of methoxy groups -OCH3 is 1. The van der Waals surface area contributed by atoms with Gasteiger partial charge in [0.2, 0.25) is 5.95 Å². The molecule has 0 atom stereocenters. The number of hydrogen-bond donors (Lipinski definition) is 1. The second-order valence-corrected chi connectivity index (χ2v) is 6.63. The largest absolute Gasteiger partial charge is 0.495 e. The molecule has 0 aliphatic carbocycles. The van der Waals surface area contributed by atoms with E-state index in [1.165, 1.54) is 11.3 Å². The lowest BCUT2D eigenvalue weighted by atomic mass is 10.2. The lowest BCUT2D eigenvalue weighted by Gasteiger charge is -2.19. The van der Waals surface area contributed by atoms with E-state index in [-0.39, 0.29) is 0 Å². The summed E-state index contributed by atoms with van der Waals surface area (Å²) in [6, 6.07) is 15.7. The first-order chi connectivity index (χ1) is 12.6. The second-order valence-electron chi connectivity index (χ2n) is 6.19. The van der Waals surface area contributed by atoms with Gasteiger partial charge in [-0.2, -0.15) is 4.98 Å². The monoisotopic (exact) mass is 366 g/mol. The summed E-state index contributed by atoms with van der Waals surface area (Å²) in [4.78, 5) is 11.5. The predicted molar refractivity (Wildman–Crippen MR) is 105 cm³/mol. The number of rotatable bonds is 4. The van der Waals surface area contributed by atoms with Crippen LogP contribution in [0.25, 0.3) is 0 Å². The van der Waals surface area contributed by atoms with Crippen LogP contribution in [0.1, 0.15) is 11.3 Å². The van der Waals surface area contributed by atoms with Gasteiger partial charge < -0.3 is 15.0 Å². The smallest absolute Gasteiger partial charge is 0.232 e. The molecule has 2 aromatic carbocycles. The normalized spacial score (nSPS) is 12.8. The molecule has 0 bridgehead atoms. The maximum Gasteiger partial charge on any atom is 0.232 e. The van der Waals surface area contributed by atoms with Crippen LogP contribution >= 0.6 is 11.6 Å². The number of benzene rings is 2. The Morgan fingerprint density at radius 3 is 2.81 bits per heavy atom. The first-order valence-corrected chi connectivity index (χ1v) is 8.83. The third-order valence-corrected chi connectivity index (χ3v) is 4.63. The van der Waals surface area contributed by atoms with Crippen molar-refractivity contribution in [3.05, 3.63) is 64.8 Å². The van der Waals surface area contributed by atoms with E-state index in [9.17, 15) is 0 Å². The van der Waals surface area contributed by atoms with Gasteiger partial charge >= 0.3 is 0 Å². The fourth-order valence-electron chi connectivity index (χ4n) is 3.20. The van der Waals surface area contributed by atoms with Crippen LogP contribution in [0.4, 0.5) is 23.1 Å². The standard InChI is InChI=1S/C20H19ClN4O/c1-13-11-19(23-16-12-15(21)7-8-18(16)26-2)24-20(22-13)25-10-9-14-5-3-4-6-17(14)25/h3-8,11-12H,9-10H2,1-2H3,(H,22,23,24). The molecule has 0 saturated heterocycles. The quantitative estimate of drug-likeness (QED) is 0.712. The summed E-state index contributed by atoms with van der Waals surface area (Å²) in [7, 11) is 1.63. The fourth-order valence-corrected chi connectivity index (χ4v) is 3.37. The van der Waals surface area contributed by atoms with Crippen LogP contribution in [0.5, 0.6) is 5.75 Å². The van der Waals surface area contributed by atoms with E-state index in [1.807, 2.05) is 31.2 Å². The molecule has 0 amide bonds. The molecule has 2 heterocycles. The minimum absolute atomic E-state index is 0.632. The number of halogens is 1. The topological polar surface area (TPSA) is 50.3 Å². The molecule has 3 aromatic rings. The van der Waals surface area contributed by atoms with Crippen LogP contribution < -0.4 is 15.0 Å². The molecular weight excluding hydrogens is 348 g/mol. The zero-order valence-corrected chi connectivity index (χ0v) is 15.4. The molecule has 26 heavy (non-hydrogen) atoms. The number of hydrogen-bond acceptors (Lipinski definition) is 5. The summed E-state index contributed by atoms with van der Waals surface area (Å²) in [5.74, 6) is 2.11. The van der Waals surface area contributed by atoms with E-state index in [4.69, 9.17) is 21.3 Å². The molecule has 6 heteroatoms. The number of nitrogens with one attached hydrogen (secondary N) is 1. The van der Waals surface area contributed by atoms with Gasteiger partial charge in [-0.15, -0.1) is 0 Å². The predicted octanol–water partition coefficient (Wildman–Crippen LogP) is 4.88. The minimum atomic E-state index is 0.632. The van der Waals surface area contributed by atoms with E-state index in [0.717, 1.165) is 24.3 Å². The van der Waals surface area contributed by atoms with Crippen molar-refractivity contribution in [1.29, 1.82) is 0 Å². The van der Waals surface area contributed by atoms with Gasteiger partial charge in [0.15, 0.2) is 0 Å². The van der Waals surface area contributed by atoms with Gasteiger partial charge in [-0.3, -0.25) is 0 Å². The Balaban J connectivity index is 1.69. The SMILES string of the molecule is COc1ccc(Cl)cc1Nc1cc(C)nc(N2CCc3ccccc32)n1. The molecule has 0 spiro atoms. The van der Waals surface area contributed by atoms with Crippen molar-refractivity contribution < 1.29 is 4.74 Å². The highest BCUT2D eigenvalue weighted by atomic mass is 35.5. The Morgan fingerprint density at radius 2 is 1.96 bits per heavy atom. The van der Waals surface area contributed by atoms with Crippen LogP contribution in [-0.2, 0) is 6.42 Å². The van der Waals surface area contributed by atoms with Crippen molar-refractivity contribution in [3.8, 4) is 5.75 Å². The third-order valence-electron chi connectivity index (χ3n) is 4.40. The number of nitrogens with zero attached hydrogens (tertiary/aromatic N) is 3. The Bertz CT molecular complexity index is 960. The number of anilines is 4. The van der Waals surface area contributed by atoms with Crippen molar-refractivity contribution in [3.63, 3.8) is 0 Å². The average molecular weight is 367 g/mol. The fraction of sp³-hybridized carbons (Fsp3) is 0.200. The minimum Gasteiger partial charge on any atom is -0.495 e. The van der Waals surface area contributed by atoms with Gasteiger partial charge in [-0.25, -0.2) is 4.98 Å². The first kappa shape index (κ1) is 16.7. The zero-order chi connectivity index (χ0) is 18.1. The van der Waals surface area contributed by atoms with Crippen molar-refractivity contribution >= 4 is 34.7 Å². The van der Waals surface area contributed by atoms with Crippen LogP contribution in [0, 0.1) is 6.92 Å². The molecule has 1 aromatic heterocycles. The van der Waals surface area contributed by atoms with Crippen molar-refractivity contribution in [2.45, 2.75) is 13.3 Å². The molecule has 0 radical (unpaired) electrons. The number of aromatic nitrogens is 2. The lowest BCUT2D eigenvalue weighted by Crippen LogP contribution is -2.17. The summed E-state index contributed by atoms with van der Waals surface area (Å²) in [5.41, 5.74) is 4.15. The van der Waals surface area contributed by atoms with Crippen LogP contribution in [0.15, 0.2) is 48.5 Å². The molecule has 1 N–H and O–H groups in total. The molecule has 132 valence electrons. The number of ether oxygens (including phenoxy) is 1. The van der Waals surface area contributed by atoms with E-state index in [2.05, 4.69) is 33.4 Å². The molecule has 0 saturated carbocycles. The molecule has 1 aliphatic heterocycles. The summed E-state index contributed by atoms with van der Waals surface area (Å²) in [6.45, 7) is 2.84. The highest BCUT2D eigenvalue weighted by Crippen LogP contribution is 2.34. The van der Waals surface area contributed by atoms with Gasteiger partial charge in [0.1, 0.15) is 11.6 Å². The maximum atomic E-state index is 6.13. The maximum absolute atomic E-state index is 6.13. The van der Waals surface area contributed by atoms with Crippen LogP contribution in [-0.4, -0.2) is 23.6 Å². The molecular formula is C20H19ClN4O. The highest BCUT2D eigenvalue weighted by molar-refractivity contribution is 6.31. The zero-order valence-electron chi connectivity index (χ0n) is 14.7. The molecule has 1 aliphatic rings. The van der Waals surface area contributed by atoms with Gasteiger partial charge in [-0.1, -0.05) is 29.8 Å². The summed E-state index contributed by atoms with van der Waals surface area (Å²) >= 11 is 6.13. The van der Waals surface area contributed by atoms with Crippen LogP contribution in [0.3, 0.4) is 0 Å². The third kappa shape index (κ3) is 3.18. The van der Waals surface area contributed by atoms with E-state index in [0.29, 0.717) is 22.5 Å². The Morgan fingerprint density at radius 1 is 1.12 bits per heavy atom. The Labute approximate surface area is 157 Å². The highest BCUT2D eigenvalue weighted by Gasteiger charge is 2.22. The lowest BCUT2D eigenvalue weighted by molar-refractivity contribution is 0.417. The summed E-state index contributed by atoms with van der Waals surface area (Å²) in [6.07, 6.45) is 0.998. The number of aryl methyl sites for hydroxylation is 1.